The molecule has 0 heterocycles. The minimum atomic E-state index is -6.44. The van der Waals surface area contributed by atoms with Gasteiger partial charge in [0.25, 0.3) is 5.67 Å². The average molecular weight is 480 g/mol. The number of hydrogen-bond acceptors (Lipinski definition) is 4. The predicted molar refractivity (Wildman–Crippen MR) is 93.5 cm³/mol. The number of hydrogen-bond donors (Lipinski definition) is 4. The molecule has 2 aromatic carbocycles. The van der Waals surface area contributed by atoms with Crippen molar-refractivity contribution in [3.05, 3.63) is 69.8 Å². The maximum Gasteiger partial charge on any atom is 0.433 e. The van der Waals surface area contributed by atoms with Crippen molar-refractivity contribution in [3.63, 3.8) is 0 Å². The zero-order valence-electron chi connectivity index (χ0n) is 15.7. The second-order valence-corrected chi connectivity index (χ2v) is 6.47. The van der Waals surface area contributed by atoms with Crippen LogP contribution in [0.15, 0.2) is 36.4 Å². The molecule has 0 saturated carbocycles. The summed E-state index contributed by atoms with van der Waals surface area (Å²) in [5.41, 5.74) is -14.5. The summed E-state index contributed by atoms with van der Waals surface area (Å²) in [4.78, 5) is 44.5. The van der Waals surface area contributed by atoms with E-state index in [2.05, 4.69) is 0 Å². The molecule has 0 aliphatic carbocycles. The van der Waals surface area contributed by atoms with Crippen LogP contribution in [0.5, 0.6) is 0 Å². The number of aromatic carboxylic acids is 4. The molecule has 2 aromatic rings. The summed E-state index contributed by atoms with van der Waals surface area (Å²) < 4.78 is 86.6. The first-order chi connectivity index (χ1) is 15.0. The summed E-state index contributed by atoms with van der Waals surface area (Å²) in [6, 6.07) is 0.114. The van der Waals surface area contributed by atoms with E-state index in [9.17, 15) is 32.3 Å². The molecule has 0 aliphatic rings. The smallest absolute Gasteiger partial charge is 0.433 e. The quantitative estimate of drug-likeness (QED) is 0.435. The normalized spacial score (nSPS) is 13.8. The second kappa shape index (κ2) is 8.11. The van der Waals surface area contributed by atoms with Crippen LogP contribution in [0.4, 0.5) is 26.3 Å². The van der Waals surface area contributed by atoms with Crippen LogP contribution >= 0.6 is 0 Å². The van der Waals surface area contributed by atoms with E-state index in [1.54, 1.807) is 0 Å². The minimum absolute atomic E-state index is 0.00101. The molecule has 0 aromatic heterocycles. The molecule has 0 spiro atoms. The lowest BCUT2D eigenvalue weighted by Gasteiger charge is -2.36. The zero-order chi connectivity index (χ0) is 25.5. The molecule has 0 bridgehead atoms. The van der Waals surface area contributed by atoms with Gasteiger partial charge in [-0.25, -0.2) is 23.6 Å². The molecule has 0 radical (unpaired) electrons. The topological polar surface area (TPSA) is 149 Å². The van der Waals surface area contributed by atoms with Gasteiger partial charge in [-0.05, 0) is 24.3 Å². The second-order valence-electron chi connectivity index (χ2n) is 6.47. The first kappa shape index (κ1) is 25.2. The number of carbonyl (C=O) groups is 4. The van der Waals surface area contributed by atoms with Gasteiger partial charge < -0.3 is 20.4 Å². The number of carboxylic acid groups (broad SMARTS) is 4. The standard InChI is InChI=1S/C19H10F6O8/c20-17(19(23,24)25,7-1-3-9(13(26)27)11(5-7)15(30)31)18(21,22)8-2-4-10(14(28)29)12(6-8)16(32)33/h1-6H,(H,26,27)(H,28,29)(H,30,31)(H,32,33). The molecule has 0 fully saturated rings. The Labute approximate surface area is 178 Å². The van der Waals surface area contributed by atoms with Gasteiger partial charge in [-0.1, -0.05) is 12.1 Å². The van der Waals surface area contributed by atoms with Gasteiger partial charge in [0.05, 0.1) is 22.3 Å². The summed E-state index contributed by atoms with van der Waals surface area (Å²) in [6.07, 6.45) is -6.44. The molecule has 0 aliphatic heterocycles. The molecule has 1 unspecified atom stereocenters. The van der Waals surface area contributed by atoms with Crippen LogP contribution < -0.4 is 0 Å². The van der Waals surface area contributed by atoms with Gasteiger partial charge in [-0.2, -0.15) is 22.0 Å². The Balaban J connectivity index is 2.88. The molecule has 4 N–H and O–H groups in total. The lowest BCUT2D eigenvalue weighted by molar-refractivity contribution is -0.314. The van der Waals surface area contributed by atoms with Crippen molar-refractivity contribution in [2.75, 3.05) is 0 Å². The molecule has 14 heteroatoms. The van der Waals surface area contributed by atoms with Gasteiger partial charge in [0, 0.05) is 11.1 Å². The summed E-state index contributed by atoms with van der Waals surface area (Å²) in [5.74, 6) is -13.8. The Morgan fingerprint density at radius 3 is 1.21 bits per heavy atom. The molecular formula is C19H10F6O8. The van der Waals surface area contributed by atoms with Crippen LogP contribution in [0.1, 0.15) is 52.6 Å². The maximum absolute atomic E-state index is 15.4. The van der Waals surface area contributed by atoms with Crippen LogP contribution in [0.25, 0.3) is 0 Å². The third-order valence-corrected chi connectivity index (χ3v) is 4.54. The van der Waals surface area contributed by atoms with Crippen LogP contribution in [0, 0.1) is 0 Å². The SMILES string of the molecule is O=C(O)c1ccc(C(F)(F)C(F)(c2ccc(C(=O)O)c(C(=O)O)c2)C(F)(F)F)cc1C(=O)O. The van der Waals surface area contributed by atoms with E-state index in [1.807, 2.05) is 0 Å². The van der Waals surface area contributed by atoms with Gasteiger partial charge in [0.2, 0.25) is 0 Å². The fourth-order valence-corrected chi connectivity index (χ4v) is 2.95. The molecule has 8 nitrogen and oxygen atoms in total. The van der Waals surface area contributed by atoms with Crippen molar-refractivity contribution in [2.45, 2.75) is 17.8 Å². The third kappa shape index (κ3) is 4.06. The van der Waals surface area contributed by atoms with Gasteiger partial charge >= 0.3 is 36.0 Å². The Hall–Kier alpha value is -4.10. The van der Waals surface area contributed by atoms with E-state index in [1.165, 1.54) is 0 Å². The van der Waals surface area contributed by atoms with Crippen molar-refractivity contribution >= 4 is 23.9 Å². The number of carboxylic acids is 4. The summed E-state index contributed by atoms with van der Waals surface area (Å²) in [6.45, 7) is 0. The van der Waals surface area contributed by atoms with Gasteiger partial charge in [0.15, 0.2) is 0 Å². The van der Waals surface area contributed by atoms with E-state index in [-0.39, 0.29) is 36.4 Å². The molecule has 176 valence electrons. The van der Waals surface area contributed by atoms with Crippen molar-refractivity contribution in [1.29, 1.82) is 0 Å². The number of halogens is 6. The Bertz CT molecular complexity index is 1170. The molecule has 1 atom stereocenters. The number of rotatable bonds is 7. The Morgan fingerprint density at radius 2 is 0.879 bits per heavy atom. The number of benzene rings is 2. The summed E-state index contributed by atoms with van der Waals surface area (Å²) in [5, 5.41) is 35.9. The van der Waals surface area contributed by atoms with Crippen molar-refractivity contribution in [1.82, 2.24) is 0 Å². The van der Waals surface area contributed by atoms with E-state index in [0.717, 1.165) is 0 Å². The van der Waals surface area contributed by atoms with Gasteiger partial charge in [-0.3, -0.25) is 0 Å². The monoisotopic (exact) mass is 480 g/mol. The highest BCUT2D eigenvalue weighted by atomic mass is 19.4. The van der Waals surface area contributed by atoms with E-state index >= 15 is 13.2 Å². The van der Waals surface area contributed by atoms with Crippen molar-refractivity contribution in [2.24, 2.45) is 0 Å². The minimum Gasteiger partial charge on any atom is -0.478 e. The Kier molecular flexibility index (Phi) is 6.18. The highest BCUT2D eigenvalue weighted by molar-refractivity contribution is 6.02. The van der Waals surface area contributed by atoms with Crippen molar-refractivity contribution < 1.29 is 65.9 Å². The van der Waals surface area contributed by atoms with Crippen LogP contribution in [-0.2, 0) is 11.6 Å². The van der Waals surface area contributed by atoms with Crippen LogP contribution in [-0.4, -0.2) is 50.5 Å². The van der Waals surface area contributed by atoms with Crippen molar-refractivity contribution in [3.8, 4) is 0 Å². The maximum atomic E-state index is 15.4. The lowest BCUT2D eigenvalue weighted by Crippen LogP contribution is -2.51. The van der Waals surface area contributed by atoms with Crippen LogP contribution in [0.2, 0.25) is 0 Å². The fourth-order valence-electron chi connectivity index (χ4n) is 2.95. The van der Waals surface area contributed by atoms with E-state index in [4.69, 9.17) is 20.4 Å². The molecular weight excluding hydrogens is 470 g/mol. The van der Waals surface area contributed by atoms with Crippen LogP contribution in [0.3, 0.4) is 0 Å². The molecule has 33 heavy (non-hydrogen) atoms. The zero-order valence-corrected chi connectivity index (χ0v) is 15.7. The van der Waals surface area contributed by atoms with Gasteiger partial charge in [0.1, 0.15) is 0 Å². The average Bonchev–Trinajstić information content (AvgIpc) is 2.70. The highest BCUT2D eigenvalue weighted by Crippen LogP contribution is 2.57. The third-order valence-electron chi connectivity index (χ3n) is 4.54. The fraction of sp³-hybridized carbons (Fsp3) is 0.158. The first-order valence-electron chi connectivity index (χ1n) is 8.32. The first-order valence-corrected chi connectivity index (χ1v) is 8.32. The molecule has 0 amide bonds. The largest absolute Gasteiger partial charge is 0.478 e. The number of alkyl halides is 6. The summed E-state index contributed by atoms with van der Waals surface area (Å²) in [7, 11) is 0. The van der Waals surface area contributed by atoms with Gasteiger partial charge in [-0.15, -0.1) is 0 Å². The lowest BCUT2D eigenvalue weighted by atomic mass is 9.82. The molecule has 0 saturated heterocycles. The van der Waals surface area contributed by atoms with E-state index in [0.29, 0.717) is 0 Å². The van der Waals surface area contributed by atoms with E-state index < -0.39 is 75.0 Å². The highest BCUT2D eigenvalue weighted by Gasteiger charge is 2.72. The Morgan fingerprint density at radius 1 is 0.545 bits per heavy atom. The molecule has 2 rings (SSSR count). The predicted octanol–water partition coefficient (Wildman–Crippen LogP) is 4.00. The summed E-state index contributed by atoms with van der Waals surface area (Å²) >= 11 is 0.